The lowest BCUT2D eigenvalue weighted by molar-refractivity contribution is -0.174. The zero-order chi connectivity index (χ0) is 16.0. The molecule has 0 radical (unpaired) electrons. The highest BCUT2D eigenvalue weighted by molar-refractivity contribution is 5.82. The smallest absolute Gasteiger partial charge is 0.444 e. The van der Waals surface area contributed by atoms with Crippen molar-refractivity contribution in [3.63, 3.8) is 0 Å². The van der Waals surface area contributed by atoms with Gasteiger partial charge in [-0.3, -0.25) is 4.79 Å². The van der Waals surface area contributed by atoms with Crippen LogP contribution in [0.15, 0.2) is 0 Å². The van der Waals surface area contributed by atoms with E-state index < -0.39 is 35.9 Å². The Balaban J connectivity index is 2.02. The van der Waals surface area contributed by atoms with Crippen LogP contribution in [0.3, 0.4) is 0 Å². The molecule has 2 bridgehead atoms. The van der Waals surface area contributed by atoms with Crippen LogP contribution in [0.2, 0.25) is 0 Å². The van der Waals surface area contributed by atoms with Gasteiger partial charge in [-0.1, -0.05) is 0 Å². The number of rotatable bonds is 1. The first-order valence-electron chi connectivity index (χ1n) is 6.88. The summed E-state index contributed by atoms with van der Waals surface area (Å²) in [6.45, 7) is 5.18. The van der Waals surface area contributed by atoms with Crippen molar-refractivity contribution in [1.82, 2.24) is 10.2 Å². The molecule has 2 amide bonds. The highest BCUT2D eigenvalue weighted by atomic mass is 19.4. The molecule has 120 valence electrons. The molecule has 2 heterocycles. The van der Waals surface area contributed by atoms with Crippen LogP contribution in [0.1, 0.15) is 40.0 Å². The van der Waals surface area contributed by atoms with Crippen LogP contribution in [-0.2, 0) is 9.53 Å². The third-order valence-corrected chi connectivity index (χ3v) is 3.72. The van der Waals surface area contributed by atoms with Gasteiger partial charge in [0.25, 0.3) is 0 Å². The van der Waals surface area contributed by atoms with Crippen LogP contribution >= 0.6 is 0 Å². The molecule has 0 aromatic rings. The fourth-order valence-electron chi connectivity index (χ4n) is 2.99. The van der Waals surface area contributed by atoms with Gasteiger partial charge in [-0.25, -0.2) is 4.79 Å². The van der Waals surface area contributed by atoms with Crippen molar-refractivity contribution in [1.29, 1.82) is 0 Å². The Morgan fingerprint density at radius 2 is 1.81 bits per heavy atom. The minimum absolute atomic E-state index is 0.164. The van der Waals surface area contributed by atoms with Gasteiger partial charge in [-0.2, -0.15) is 13.2 Å². The largest absolute Gasteiger partial charge is 0.471 e. The first kappa shape index (κ1) is 15.9. The Bertz CT molecular complexity index is 445. The van der Waals surface area contributed by atoms with E-state index in [1.54, 1.807) is 20.8 Å². The van der Waals surface area contributed by atoms with Crippen LogP contribution < -0.4 is 5.32 Å². The topological polar surface area (TPSA) is 58.6 Å². The number of fused-ring (bicyclic) bond motifs is 2. The van der Waals surface area contributed by atoms with Gasteiger partial charge in [0.2, 0.25) is 0 Å². The van der Waals surface area contributed by atoms with E-state index in [2.05, 4.69) is 0 Å². The van der Waals surface area contributed by atoms with Gasteiger partial charge >= 0.3 is 18.2 Å². The molecule has 0 aliphatic carbocycles. The second-order valence-corrected chi connectivity index (χ2v) is 6.50. The second kappa shape index (κ2) is 5.06. The molecule has 2 aliphatic heterocycles. The van der Waals surface area contributed by atoms with Gasteiger partial charge in [-0.15, -0.1) is 0 Å². The zero-order valence-corrected chi connectivity index (χ0v) is 12.2. The van der Waals surface area contributed by atoms with E-state index >= 15 is 0 Å². The van der Waals surface area contributed by atoms with Crippen molar-refractivity contribution in [3.05, 3.63) is 0 Å². The summed E-state index contributed by atoms with van der Waals surface area (Å²) in [5.74, 6) is -1.95. The molecule has 2 fully saturated rings. The third kappa shape index (κ3) is 3.41. The summed E-state index contributed by atoms with van der Waals surface area (Å²) in [6.07, 6.45) is -3.79. The number of nitrogens with zero attached hydrogens (tertiary/aromatic N) is 1. The molecule has 1 N–H and O–H groups in total. The summed E-state index contributed by atoms with van der Waals surface area (Å²) in [5, 5.41) is 1.98. The van der Waals surface area contributed by atoms with Crippen molar-refractivity contribution in [2.24, 2.45) is 0 Å². The standard InChI is InChI=1S/C13H19F3N2O3/c1-12(2,3)21-11(20)18-7-4-5-9(18)8(6-7)17-10(19)13(14,15)16/h7-9H,4-6H2,1-3H3,(H,17,19)/t7-,8-,9+/m0/s1. The average molecular weight is 308 g/mol. The number of amides is 2. The van der Waals surface area contributed by atoms with Crippen molar-refractivity contribution in [2.45, 2.75) is 69.9 Å². The van der Waals surface area contributed by atoms with Gasteiger partial charge in [0.1, 0.15) is 5.60 Å². The maximum atomic E-state index is 12.3. The van der Waals surface area contributed by atoms with Crippen LogP contribution in [0, 0.1) is 0 Å². The molecule has 0 saturated carbocycles. The second-order valence-electron chi connectivity index (χ2n) is 6.50. The lowest BCUT2D eigenvalue weighted by atomic mass is 9.95. The predicted octanol–water partition coefficient (Wildman–Crippen LogP) is 2.21. The fraction of sp³-hybridized carbons (Fsp3) is 0.846. The molecule has 0 aromatic heterocycles. The maximum absolute atomic E-state index is 12.3. The van der Waals surface area contributed by atoms with Gasteiger partial charge < -0.3 is 15.0 Å². The number of carbonyl (C=O) groups excluding carboxylic acids is 2. The van der Waals surface area contributed by atoms with E-state index in [0.29, 0.717) is 12.8 Å². The summed E-state index contributed by atoms with van der Waals surface area (Å²) < 4.78 is 42.2. The number of carbonyl (C=O) groups is 2. The molecule has 3 atom stereocenters. The van der Waals surface area contributed by atoms with Crippen molar-refractivity contribution < 1.29 is 27.5 Å². The monoisotopic (exact) mass is 308 g/mol. The summed E-state index contributed by atoms with van der Waals surface area (Å²) >= 11 is 0. The molecule has 2 saturated heterocycles. The first-order valence-corrected chi connectivity index (χ1v) is 6.88. The Morgan fingerprint density at radius 1 is 1.19 bits per heavy atom. The number of hydrogen-bond donors (Lipinski definition) is 1. The van der Waals surface area contributed by atoms with Crippen molar-refractivity contribution >= 4 is 12.0 Å². The average Bonchev–Trinajstić information content (AvgIpc) is 2.82. The first-order chi connectivity index (χ1) is 9.49. The molecule has 0 aromatic carbocycles. The highest BCUT2D eigenvalue weighted by Crippen LogP contribution is 2.39. The third-order valence-electron chi connectivity index (χ3n) is 3.72. The quantitative estimate of drug-likeness (QED) is 0.808. The summed E-state index contributed by atoms with van der Waals surface area (Å²) in [6, 6.07) is -1.25. The zero-order valence-electron chi connectivity index (χ0n) is 12.2. The molecule has 0 spiro atoms. The molecular formula is C13H19F3N2O3. The lowest BCUT2D eigenvalue weighted by Gasteiger charge is -2.28. The summed E-state index contributed by atoms with van der Waals surface area (Å²) in [4.78, 5) is 24.6. The number of hydrogen-bond acceptors (Lipinski definition) is 3. The van der Waals surface area contributed by atoms with Gasteiger partial charge in [0, 0.05) is 6.04 Å². The van der Waals surface area contributed by atoms with Crippen molar-refractivity contribution in [3.8, 4) is 0 Å². The van der Waals surface area contributed by atoms with Crippen molar-refractivity contribution in [2.75, 3.05) is 0 Å². The minimum Gasteiger partial charge on any atom is -0.444 e. The molecule has 8 heteroatoms. The molecule has 21 heavy (non-hydrogen) atoms. The maximum Gasteiger partial charge on any atom is 0.471 e. The summed E-state index contributed by atoms with van der Waals surface area (Å²) in [7, 11) is 0. The number of halogens is 3. The van der Waals surface area contributed by atoms with E-state index in [9.17, 15) is 22.8 Å². The van der Waals surface area contributed by atoms with Crippen LogP contribution in [-0.4, -0.2) is 46.8 Å². The van der Waals surface area contributed by atoms with E-state index in [0.717, 1.165) is 6.42 Å². The molecule has 5 nitrogen and oxygen atoms in total. The Kier molecular flexibility index (Phi) is 3.84. The van der Waals surface area contributed by atoms with Crippen LogP contribution in [0.5, 0.6) is 0 Å². The fourth-order valence-corrected chi connectivity index (χ4v) is 2.99. The molecule has 0 unspecified atom stereocenters. The summed E-state index contributed by atoms with van der Waals surface area (Å²) in [5.41, 5.74) is -0.663. The van der Waals surface area contributed by atoms with Gasteiger partial charge in [-0.05, 0) is 40.0 Å². The minimum atomic E-state index is -4.90. The van der Waals surface area contributed by atoms with E-state index in [1.165, 1.54) is 4.90 Å². The molecule has 2 aliphatic rings. The number of ether oxygens (including phenoxy) is 1. The normalized spacial score (nSPS) is 28.7. The van der Waals surface area contributed by atoms with Gasteiger partial charge in [0.15, 0.2) is 0 Å². The Morgan fingerprint density at radius 3 is 2.33 bits per heavy atom. The molecular weight excluding hydrogens is 289 g/mol. The van der Waals surface area contributed by atoms with Gasteiger partial charge in [0.05, 0.1) is 12.1 Å². The van der Waals surface area contributed by atoms with Crippen LogP contribution in [0.4, 0.5) is 18.0 Å². The Labute approximate surface area is 120 Å². The Hall–Kier alpha value is -1.47. The lowest BCUT2D eigenvalue weighted by Crippen LogP contribution is -2.49. The highest BCUT2D eigenvalue weighted by Gasteiger charge is 2.52. The van der Waals surface area contributed by atoms with E-state index in [-0.39, 0.29) is 6.04 Å². The SMILES string of the molecule is CC(C)(C)OC(=O)N1[C@H]2CC[C@@H]1[C@@H](NC(=O)C(F)(F)F)C2. The molecule has 2 rings (SSSR count). The van der Waals surface area contributed by atoms with E-state index in [4.69, 9.17) is 4.74 Å². The number of alkyl halides is 3. The van der Waals surface area contributed by atoms with Crippen LogP contribution in [0.25, 0.3) is 0 Å². The van der Waals surface area contributed by atoms with E-state index in [1.807, 2.05) is 5.32 Å². The number of nitrogens with one attached hydrogen (secondary N) is 1. The predicted molar refractivity (Wildman–Crippen MR) is 67.5 cm³/mol.